The summed E-state index contributed by atoms with van der Waals surface area (Å²) in [5, 5.41) is 1.63. The number of sulfonamides is 1. The van der Waals surface area contributed by atoms with E-state index < -0.39 is 10.0 Å². The molecule has 148 valence electrons. The Balaban J connectivity index is 1.82. The molecule has 3 aromatic rings. The smallest absolute Gasteiger partial charge is 0.241 e. The topological polar surface area (TPSA) is 58.6 Å². The van der Waals surface area contributed by atoms with Crippen molar-refractivity contribution in [1.29, 1.82) is 0 Å². The van der Waals surface area contributed by atoms with Crippen LogP contribution in [0.25, 0.3) is 10.8 Å². The summed E-state index contributed by atoms with van der Waals surface area (Å²) in [4.78, 5) is 2.28. The number of ether oxygens (including phenoxy) is 1. The van der Waals surface area contributed by atoms with Gasteiger partial charge in [0, 0.05) is 37.1 Å². The van der Waals surface area contributed by atoms with Crippen molar-refractivity contribution in [2.45, 2.75) is 11.3 Å². The van der Waals surface area contributed by atoms with Crippen LogP contribution in [0, 0.1) is 0 Å². The van der Waals surface area contributed by atoms with E-state index in [1.807, 2.05) is 61.5 Å². The van der Waals surface area contributed by atoms with Gasteiger partial charge in [0.2, 0.25) is 10.0 Å². The summed E-state index contributed by atoms with van der Waals surface area (Å²) in [6.07, 6.45) is 0.579. The van der Waals surface area contributed by atoms with Crippen LogP contribution in [0.4, 0.5) is 5.69 Å². The molecule has 5 nitrogen and oxygen atoms in total. The molecule has 0 aromatic heterocycles. The highest BCUT2D eigenvalue weighted by Crippen LogP contribution is 2.30. The molecular formula is C21H23BrN2O3S. The summed E-state index contributed by atoms with van der Waals surface area (Å²) in [5.74, 6) is 0.747. The van der Waals surface area contributed by atoms with E-state index in [2.05, 4.69) is 20.7 Å². The average molecular weight is 463 g/mol. The van der Waals surface area contributed by atoms with Gasteiger partial charge < -0.3 is 9.64 Å². The van der Waals surface area contributed by atoms with E-state index in [-0.39, 0.29) is 0 Å². The summed E-state index contributed by atoms with van der Waals surface area (Å²) in [6.45, 7) is 0.310. The van der Waals surface area contributed by atoms with Crippen molar-refractivity contribution in [2.24, 2.45) is 0 Å². The Bertz CT molecular complexity index is 1100. The van der Waals surface area contributed by atoms with Gasteiger partial charge in [0.1, 0.15) is 5.75 Å². The van der Waals surface area contributed by atoms with Crippen molar-refractivity contribution in [3.8, 4) is 5.75 Å². The number of rotatable bonds is 7. The van der Waals surface area contributed by atoms with Crippen LogP contribution < -0.4 is 14.4 Å². The number of nitrogens with one attached hydrogen (secondary N) is 1. The predicted octanol–water partition coefficient (Wildman–Crippen LogP) is 4.20. The standard InChI is InChI=1S/C21H23BrN2O3S/c1-24(2)19-8-4-7-17-16(19)6-5-9-21(17)28(25,26)23-13-12-15-10-11-20(27-3)18(22)14-15/h4-11,14,23H,12-13H2,1-3H3. The molecule has 0 spiro atoms. The minimum Gasteiger partial charge on any atom is -0.496 e. The first-order valence-electron chi connectivity index (χ1n) is 8.84. The molecule has 0 saturated heterocycles. The van der Waals surface area contributed by atoms with E-state index in [0.29, 0.717) is 23.2 Å². The molecule has 3 rings (SSSR count). The number of hydrogen-bond donors (Lipinski definition) is 1. The molecule has 28 heavy (non-hydrogen) atoms. The van der Waals surface area contributed by atoms with Crippen molar-refractivity contribution in [1.82, 2.24) is 4.72 Å². The van der Waals surface area contributed by atoms with Gasteiger partial charge in [0.15, 0.2) is 0 Å². The summed E-state index contributed by atoms with van der Waals surface area (Å²) in [6, 6.07) is 16.8. The third-order valence-electron chi connectivity index (χ3n) is 4.55. The normalized spacial score (nSPS) is 11.6. The zero-order valence-electron chi connectivity index (χ0n) is 16.1. The van der Waals surface area contributed by atoms with E-state index in [0.717, 1.165) is 26.9 Å². The van der Waals surface area contributed by atoms with Gasteiger partial charge in [-0.1, -0.05) is 30.3 Å². The number of fused-ring (bicyclic) bond motifs is 1. The number of benzene rings is 3. The first-order chi connectivity index (χ1) is 13.3. The highest BCUT2D eigenvalue weighted by atomic mass is 79.9. The van der Waals surface area contributed by atoms with Crippen LogP contribution in [0.15, 0.2) is 64.0 Å². The van der Waals surface area contributed by atoms with Gasteiger partial charge in [-0.3, -0.25) is 0 Å². The van der Waals surface area contributed by atoms with Crippen LogP contribution in [0.5, 0.6) is 5.75 Å². The number of halogens is 1. The third kappa shape index (κ3) is 4.32. The fraction of sp³-hybridized carbons (Fsp3) is 0.238. The lowest BCUT2D eigenvalue weighted by atomic mass is 10.1. The van der Waals surface area contributed by atoms with Crippen molar-refractivity contribution >= 4 is 42.4 Å². The molecule has 0 aliphatic rings. The Morgan fingerprint density at radius 2 is 1.75 bits per heavy atom. The third-order valence-corrected chi connectivity index (χ3v) is 6.69. The van der Waals surface area contributed by atoms with Crippen LogP contribution in [-0.2, 0) is 16.4 Å². The molecular weight excluding hydrogens is 440 g/mol. The molecule has 0 atom stereocenters. The molecule has 0 bridgehead atoms. The van der Waals surface area contributed by atoms with Gasteiger partial charge >= 0.3 is 0 Å². The summed E-state index contributed by atoms with van der Waals surface area (Å²) in [7, 11) is 1.87. The number of methoxy groups -OCH3 is 1. The van der Waals surface area contributed by atoms with Crippen molar-refractivity contribution < 1.29 is 13.2 Å². The van der Waals surface area contributed by atoms with Crippen molar-refractivity contribution in [2.75, 3.05) is 32.6 Å². The fourth-order valence-electron chi connectivity index (χ4n) is 3.16. The average Bonchev–Trinajstić information content (AvgIpc) is 2.67. The first kappa shape index (κ1) is 20.6. The van der Waals surface area contributed by atoms with E-state index in [4.69, 9.17) is 4.74 Å². The Hall–Kier alpha value is -2.09. The van der Waals surface area contributed by atoms with E-state index in [9.17, 15) is 8.42 Å². The summed E-state index contributed by atoms with van der Waals surface area (Å²) < 4.78 is 34.7. The van der Waals surface area contributed by atoms with Gasteiger partial charge in [-0.25, -0.2) is 13.1 Å². The largest absolute Gasteiger partial charge is 0.496 e. The van der Waals surface area contributed by atoms with Crippen LogP contribution >= 0.6 is 15.9 Å². The van der Waals surface area contributed by atoms with E-state index in [1.165, 1.54) is 0 Å². The Kier molecular flexibility index (Phi) is 6.27. The Labute approximate surface area is 174 Å². The Morgan fingerprint density at radius 3 is 2.43 bits per heavy atom. The molecule has 0 heterocycles. The maximum Gasteiger partial charge on any atom is 0.241 e. The predicted molar refractivity (Wildman–Crippen MR) is 118 cm³/mol. The highest BCUT2D eigenvalue weighted by molar-refractivity contribution is 9.10. The van der Waals surface area contributed by atoms with Gasteiger partial charge in [-0.2, -0.15) is 0 Å². The molecule has 1 N–H and O–H groups in total. The lowest BCUT2D eigenvalue weighted by Gasteiger charge is -2.17. The maximum atomic E-state index is 12.9. The van der Waals surface area contributed by atoms with Gasteiger partial charge in [-0.15, -0.1) is 0 Å². The number of nitrogens with zero attached hydrogens (tertiary/aromatic N) is 1. The fourth-order valence-corrected chi connectivity index (χ4v) is 5.00. The van der Waals surface area contributed by atoms with Crippen molar-refractivity contribution in [3.05, 3.63) is 64.6 Å². The van der Waals surface area contributed by atoms with Crippen LogP contribution in [0.3, 0.4) is 0 Å². The number of hydrogen-bond acceptors (Lipinski definition) is 4. The molecule has 7 heteroatoms. The lowest BCUT2D eigenvalue weighted by Crippen LogP contribution is -2.26. The zero-order chi connectivity index (χ0) is 20.3. The Morgan fingerprint density at radius 1 is 1.04 bits per heavy atom. The van der Waals surface area contributed by atoms with Crippen LogP contribution in [0.1, 0.15) is 5.56 Å². The second-order valence-corrected chi connectivity index (χ2v) is 9.23. The molecule has 0 amide bonds. The summed E-state index contributed by atoms with van der Waals surface area (Å²) in [5.41, 5.74) is 2.00. The second kappa shape index (κ2) is 8.51. The molecule has 3 aromatic carbocycles. The first-order valence-corrected chi connectivity index (χ1v) is 11.1. The molecule has 0 radical (unpaired) electrons. The van der Waals surface area contributed by atoms with E-state index in [1.54, 1.807) is 19.2 Å². The lowest BCUT2D eigenvalue weighted by molar-refractivity contribution is 0.412. The minimum absolute atomic E-state index is 0.296. The van der Waals surface area contributed by atoms with Gasteiger partial charge in [-0.05, 0) is 52.2 Å². The molecule has 0 aliphatic heterocycles. The van der Waals surface area contributed by atoms with Crippen LogP contribution in [0.2, 0.25) is 0 Å². The molecule has 0 aliphatic carbocycles. The molecule has 0 fully saturated rings. The summed E-state index contributed by atoms with van der Waals surface area (Å²) >= 11 is 3.45. The van der Waals surface area contributed by atoms with Crippen molar-refractivity contribution in [3.63, 3.8) is 0 Å². The van der Waals surface area contributed by atoms with E-state index >= 15 is 0 Å². The minimum atomic E-state index is -3.63. The second-order valence-electron chi connectivity index (χ2n) is 6.64. The quantitative estimate of drug-likeness (QED) is 0.571. The molecule has 0 saturated carbocycles. The monoisotopic (exact) mass is 462 g/mol. The zero-order valence-corrected chi connectivity index (χ0v) is 18.5. The van der Waals surface area contributed by atoms with Gasteiger partial charge in [0.05, 0.1) is 16.5 Å². The highest BCUT2D eigenvalue weighted by Gasteiger charge is 2.18. The van der Waals surface area contributed by atoms with Crippen LogP contribution in [-0.4, -0.2) is 36.2 Å². The SMILES string of the molecule is COc1ccc(CCNS(=O)(=O)c2cccc3c(N(C)C)cccc23)cc1Br. The van der Waals surface area contributed by atoms with Gasteiger partial charge in [0.25, 0.3) is 0 Å². The maximum absolute atomic E-state index is 12.9. The molecule has 0 unspecified atom stereocenters. The number of anilines is 1.